The highest BCUT2D eigenvalue weighted by Crippen LogP contribution is 2.13. The number of primary amides is 1. The minimum atomic E-state index is -0.747. The van der Waals surface area contributed by atoms with Crippen LogP contribution in [0.3, 0.4) is 0 Å². The minimum absolute atomic E-state index is 0.0468. The third kappa shape index (κ3) is 4.96. The molecule has 3 amide bonds. The van der Waals surface area contributed by atoms with Gasteiger partial charge in [0.1, 0.15) is 6.04 Å². The summed E-state index contributed by atoms with van der Waals surface area (Å²) in [6.45, 7) is 1.37. The highest BCUT2D eigenvalue weighted by molar-refractivity contribution is 6.30. The first-order valence-electron chi connectivity index (χ1n) is 7.61. The van der Waals surface area contributed by atoms with Crippen LogP contribution in [-0.4, -0.2) is 41.8 Å². The molecular weight excluding hydrogens is 318 g/mol. The third-order valence-electron chi connectivity index (χ3n) is 3.81. The number of halogens is 1. The van der Waals surface area contributed by atoms with Crippen LogP contribution in [0, 0.1) is 0 Å². The standard InChI is InChI=1S/C16H20ClN3O3/c17-12-5-3-11(4-6-12)15(22)19-13(7-8-14(18)21)16(23)20-9-1-2-10-20/h3-6,13H,1-2,7-10H2,(H2,18,21)(H,19,22)/t13-/m0/s1. The molecule has 3 N–H and O–H groups in total. The normalized spacial score (nSPS) is 15.3. The summed E-state index contributed by atoms with van der Waals surface area (Å²) in [5.41, 5.74) is 5.57. The second-order valence-electron chi connectivity index (χ2n) is 5.57. The van der Waals surface area contributed by atoms with Crippen molar-refractivity contribution in [2.45, 2.75) is 31.7 Å². The van der Waals surface area contributed by atoms with Crippen molar-refractivity contribution in [1.29, 1.82) is 0 Å². The number of benzene rings is 1. The summed E-state index contributed by atoms with van der Waals surface area (Å²) in [6.07, 6.45) is 2.16. The molecule has 0 saturated carbocycles. The number of amides is 3. The molecule has 0 unspecified atom stereocenters. The van der Waals surface area contributed by atoms with Gasteiger partial charge < -0.3 is 16.0 Å². The molecule has 2 rings (SSSR count). The molecule has 1 aromatic rings. The van der Waals surface area contributed by atoms with E-state index in [1.165, 1.54) is 0 Å². The van der Waals surface area contributed by atoms with Crippen LogP contribution >= 0.6 is 11.6 Å². The van der Waals surface area contributed by atoms with Gasteiger partial charge in [0.15, 0.2) is 0 Å². The van der Waals surface area contributed by atoms with Gasteiger partial charge in [-0.3, -0.25) is 14.4 Å². The summed E-state index contributed by atoms with van der Waals surface area (Å²) in [7, 11) is 0. The fourth-order valence-electron chi connectivity index (χ4n) is 2.54. The van der Waals surface area contributed by atoms with E-state index in [2.05, 4.69) is 5.32 Å². The summed E-state index contributed by atoms with van der Waals surface area (Å²) in [4.78, 5) is 37.5. The SMILES string of the molecule is NC(=O)CC[C@H](NC(=O)c1ccc(Cl)cc1)C(=O)N1CCCC1. The van der Waals surface area contributed by atoms with Gasteiger partial charge in [-0.05, 0) is 43.5 Å². The van der Waals surface area contributed by atoms with Gasteiger partial charge in [-0.15, -0.1) is 0 Å². The van der Waals surface area contributed by atoms with Crippen LogP contribution in [0.4, 0.5) is 0 Å². The van der Waals surface area contributed by atoms with Gasteiger partial charge in [-0.2, -0.15) is 0 Å². The quantitative estimate of drug-likeness (QED) is 0.820. The van der Waals surface area contributed by atoms with E-state index < -0.39 is 11.9 Å². The van der Waals surface area contributed by atoms with Gasteiger partial charge in [0, 0.05) is 30.1 Å². The van der Waals surface area contributed by atoms with Crippen molar-refractivity contribution in [3.63, 3.8) is 0 Å². The zero-order valence-electron chi connectivity index (χ0n) is 12.8. The fourth-order valence-corrected chi connectivity index (χ4v) is 2.67. The molecule has 1 fully saturated rings. The lowest BCUT2D eigenvalue weighted by atomic mass is 10.1. The zero-order chi connectivity index (χ0) is 16.8. The molecule has 0 bridgehead atoms. The van der Waals surface area contributed by atoms with Crippen molar-refractivity contribution in [3.8, 4) is 0 Å². The summed E-state index contributed by atoms with van der Waals surface area (Å²) >= 11 is 5.80. The Bertz CT molecular complexity index is 583. The van der Waals surface area contributed by atoms with E-state index in [-0.39, 0.29) is 24.7 Å². The Kier molecular flexibility index (Phi) is 5.98. The van der Waals surface area contributed by atoms with Crippen molar-refractivity contribution in [2.75, 3.05) is 13.1 Å². The summed E-state index contributed by atoms with van der Waals surface area (Å²) in [6, 6.07) is 5.64. The number of nitrogens with zero attached hydrogens (tertiary/aromatic N) is 1. The van der Waals surface area contributed by atoms with Crippen molar-refractivity contribution in [2.24, 2.45) is 5.73 Å². The van der Waals surface area contributed by atoms with E-state index in [1.54, 1.807) is 29.2 Å². The van der Waals surface area contributed by atoms with Crippen molar-refractivity contribution in [1.82, 2.24) is 10.2 Å². The number of likely N-dealkylation sites (tertiary alicyclic amines) is 1. The molecule has 7 heteroatoms. The maximum Gasteiger partial charge on any atom is 0.251 e. The molecule has 1 heterocycles. The lowest BCUT2D eigenvalue weighted by Gasteiger charge is -2.23. The van der Waals surface area contributed by atoms with Gasteiger partial charge in [0.25, 0.3) is 5.91 Å². The largest absolute Gasteiger partial charge is 0.370 e. The summed E-state index contributed by atoms with van der Waals surface area (Å²) < 4.78 is 0. The first-order chi connectivity index (χ1) is 11.0. The highest BCUT2D eigenvalue weighted by atomic mass is 35.5. The van der Waals surface area contributed by atoms with Crippen LogP contribution in [0.2, 0.25) is 5.02 Å². The van der Waals surface area contributed by atoms with E-state index in [1.807, 2.05) is 0 Å². The second-order valence-corrected chi connectivity index (χ2v) is 6.01. The maximum atomic E-state index is 12.5. The first kappa shape index (κ1) is 17.3. The van der Waals surface area contributed by atoms with Gasteiger partial charge >= 0.3 is 0 Å². The van der Waals surface area contributed by atoms with Gasteiger partial charge in [0.2, 0.25) is 11.8 Å². The number of hydrogen-bond donors (Lipinski definition) is 2. The first-order valence-corrected chi connectivity index (χ1v) is 7.98. The topological polar surface area (TPSA) is 92.5 Å². The van der Waals surface area contributed by atoms with E-state index in [9.17, 15) is 14.4 Å². The molecule has 23 heavy (non-hydrogen) atoms. The zero-order valence-corrected chi connectivity index (χ0v) is 13.5. The maximum absolute atomic E-state index is 12.5. The predicted octanol–water partition coefficient (Wildman–Crippen LogP) is 1.33. The van der Waals surface area contributed by atoms with Crippen LogP contribution in [0.1, 0.15) is 36.0 Å². The molecule has 0 radical (unpaired) electrons. The highest BCUT2D eigenvalue weighted by Gasteiger charge is 2.28. The van der Waals surface area contributed by atoms with Crippen LogP contribution in [0.15, 0.2) is 24.3 Å². The molecular formula is C16H20ClN3O3. The van der Waals surface area contributed by atoms with Crippen LogP contribution in [0.5, 0.6) is 0 Å². The van der Waals surface area contributed by atoms with Crippen molar-refractivity contribution < 1.29 is 14.4 Å². The van der Waals surface area contributed by atoms with Gasteiger partial charge in [-0.25, -0.2) is 0 Å². The van der Waals surface area contributed by atoms with Crippen molar-refractivity contribution >= 4 is 29.3 Å². The number of carbonyl (C=O) groups is 3. The third-order valence-corrected chi connectivity index (χ3v) is 4.06. The molecule has 1 aliphatic heterocycles. The Labute approximate surface area is 140 Å². The average Bonchev–Trinajstić information content (AvgIpc) is 3.05. The lowest BCUT2D eigenvalue weighted by molar-refractivity contribution is -0.132. The van der Waals surface area contributed by atoms with E-state index >= 15 is 0 Å². The Morgan fingerprint density at radius 2 is 1.78 bits per heavy atom. The lowest BCUT2D eigenvalue weighted by Crippen LogP contribution is -2.48. The molecule has 6 nitrogen and oxygen atoms in total. The molecule has 124 valence electrons. The molecule has 1 aliphatic rings. The minimum Gasteiger partial charge on any atom is -0.370 e. The number of hydrogen-bond acceptors (Lipinski definition) is 3. The number of nitrogens with one attached hydrogen (secondary N) is 1. The monoisotopic (exact) mass is 337 g/mol. The van der Waals surface area contributed by atoms with Crippen LogP contribution in [-0.2, 0) is 9.59 Å². The number of nitrogens with two attached hydrogens (primary N) is 1. The summed E-state index contributed by atoms with van der Waals surface area (Å²) in [5.74, 6) is -1.03. The summed E-state index contributed by atoms with van der Waals surface area (Å²) in [5, 5.41) is 3.23. The van der Waals surface area contributed by atoms with E-state index in [0.717, 1.165) is 12.8 Å². The second kappa shape index (κ2) is 7.97. The Morgan fingerprint density at radius 3 is 2.35 bits per heavy atom. The van der Waals surface area contributed by atoms with E-state index in [4.69, 9.17) is 17.3 Å². The Hall–Kier alpha value is -2.08. The predicted molar refractivity (Wildman–Crippen MR) is 86.9 cm³/mol. The van der Waals surface area contributed by atoms with Crippen LogP contribution < -0.4 is 11.1 Å². The Morgan fingerprint density at radius 1 is 1.17 bits per heavy atom. The van der Waals surface area contributed by atoms with Crippen molar-refractivity contribution in [3.05, 3.63) is 34.9 Å². The number of rotatable bonds is 6. The molecule has 1 atom stereocenters. The molecule has 1 aromatic carbocycles. The van der Waals surface area contributed by atoms with Gasteiger partial charge in [-0.1, -0.05) is 11.6 Å². The molecule has 0 spiro atoms. The molecule has 0 aliphatic carbocycles. The van der Waals surface area contributed by atoms with Gasteiger partial charge in [0.05, 0.1) is 0 Å². The average molecular weight is 338 g/mol. The fraction of sp³-hybridized carbons (Fsp3) is 0.438. The number of carbonyl (C=O) groups excluding carboxylic acids is 3. The molecule has 0 aromatic heterocycles. The van der Waals surface area contributed by atoms with Crippen LogP contribution in [0.25, 0.3) is 0 Å². The molecule has 1 saturated heterocycles. The Balaban J connectivity index is 2.06. The smallest absolute Gasteiger partial charge is 0.251 e. The van der Waals surface area contributed by atoms with E-state index in [0.29, 0.717) is 23.7 Å².